The Kier molecular flexibility index (Phi) is 3.23. The van der Waals surface area contributed by atoms with Crippen LogP contribution in [0.3, 0.4) is 0 Å². The van der Waals surface area contributed by atoms with Crippen molar-refractivity contribution in [1.29, 1.82) is 0 Å². The summed E-state index contributed by atoms with van der Waals surface area (Å²) in [5.41, 5.74) is 0.391. The third kappa shape index (κ3) is 1.76. The van der Waals surface area contributed by atoms with Crippen LogP contribution < -0.4 is 0 Å². The van der Waals surface area contributed by atoms with E-state index in [0.717, 1.165) is 0 Å². The van der Waals surface area contributed by atoms with Gasteiger partial charge >= 0.3 is 0 Å². The minimum Gasteiger partial charge on any atom is -0.374 e. The lowest BCUT2D eigenvalue weighted by Gasteiger charge is -2.51. The Labute approximate surface area is 95.7 Å². The largest absolute Gasteiger partial charge is 0.374 e. The lowest BCUT2D eigenvalue weighted by Crippen LogP contribution is -2.54. The molecule has 0 heterocycles. The number of alkyl halides is 1. The van der Waals surface area contributed by atoms with E-state index in [0.29, 0.717) is 22.5 Å². The molecule has 0 N–H and O–H groups in total. The maximum atomic E-state index is 6.19. The highest BCUT2D eigenvalue weighted by atomic mass is 79.9. The zero-order valence-electron chi connectivity index (χ0n) is 9.26. The zero-order valence-corrected chi connectivity index (χ0v) is 10.8. The predicted molar refractivity (Wildman–Crippen MR) is 62.9 cm³/mol. The van der Waals surface area contributed by atoms with Crippen molar-refractivity contribution in [2.45, 2.75) is 69.4 Å². The number of ether oxygens (including phenoxy) is 1. The van der Waals surface area contributed by atoms with Gasteiger partial charge in [-0.25, -0.2) is 0 Å². The Morgan fingerprint density at radius 2 is 2.00 bits per heavy atom. The molecule has 0 spiro atoms. The highest BCUT2D eigenvalue weighted by Crippen LogP contribution is 2.51. The van der Waals surface area contributed by atoms with Crippen LogP contribution in [0.25, 0.3) is 0 Å². The molecule has 3 atom stereocenters. The fourth-order valence-electron chi connectivity index (χ4n) is 2.68. The fraction of sp³-hybridized carbons (Fsp3) is 1.00. The summed E-state index contributed by atoms with van der Waals surface area (Å²) in [5.74, 6) is 0. The molecule has 0 bridgehead atoms. The summed E-state index contributed by atoms with van der Waals surface area (Å²) >= 11 is 3.75. The summed E-state index contributed by atoms with van der Waals surface area (Å²) in [4.78, 5) is 0.673. The third-order valence-corrected chi connectivity index (χ3v) is 5.71. The van der Waals surface area contributed by atoms with Crippen molar-refractivity contribution in [3.63, 3.8) is 0 Å². The van der Waals surface area contributed by atoms with E-state index in [9.17, 15) is 0 Å². The topological polar surface area (TPSA) is 9.23 Å². The summed E-state index contributed by atoms with van der Waals surface area (Å²) < 4.78 is 6.19. The Hall–Kier alpha value is 0.440. The van der Waals surface area contributed by atoms with E-state index in [-0.39, 0.29) is 0 Å². The Bertz CT molecular complexity index is 200. The van der Waals surface area contributed by atoms with Crippen molar-refractivity contribution >= 4 is 15.9 Å². The second-order valence-corrected chi connectivity index (χ2v) is 6.20. The van der Waals surface area contributed by atoms with Crippen molar-refractivity contribution in [3.8, 4) is 0 Å². The smallest absolute Gasteiger partial charge is 0.0653 e. The molecular weight excluding hydrogens is 240 g/mol. The molecule has 0 saturated heterocycles. The Morgan fingerprint density at radius 1 is 1.36 bits per heavy atom. The van der Waals surface area contributed by atoms with Crippen LogP contribution in [0.1, 0.15) is 52.4 Å². The van der Waals surface area contributed by atoms with Crippen LogP contribution in [0.15, 0.2) is 0 Å². The minimum absolute atomic E-state index is 0.391. The number of hydrogen-bond donors (Lipinski definition) is 0. The van der Waals surface area contributed by atoms with Crippen molar-refractivity contribution < 1.29 is 4.74 Å². The van der Waals surface area contributed by atoms with Crippen molar-refractivity contribution in [1.82, 2.24) is 0 Å². The molecule has 2 aliphatic carbocycles. The van der Waals surface area contributed by atoms with E-state index < -0.39 is 0 Å². The second kappa shape index (κ2) is 4.13. The molecular formula is C12H21BrO. The van der Waals surface area contributed by atoms with Crippen molar-refractivity contribution in [3.05, 3.63) is 0 Å². The molecule has 2 heteroatoms. The van der Waals surface area contributed by atoms with E-state index in [1.54, 1.807) is 0 Å². The van der Waals surface area contributed by atoms with E-state index in [1.807, 2.05) is 0 Å². The van der Waals surface area contributed by atoms with Gasteiger partial charge in [0.2, 0.25) is 0 Å². The first-order valence-electron chi connectivity index (χ1n) is 5.96. The minimum atomic E-state index is 0.391. The van der Waals surface area contributed by atoms with Gasteiger partial charge < -0.3 is 4.74 Å². The molecule has 0 aromatic rings. The van der Waals surface area contributed by atoms with Crippen LogP contribution in [0.4, 0.5) is 0 Å². The van der Waals surface area contributed by atoms with Crippen LogP contribution in [0.2, 0.25) is 0 Å². The first-order valence-corrected chi connectivity index (χ1v) is 6.88. The van der Waals surface area contributed by atoms with Gasteiger partial charge in [-0.2, -0.15) is 0 Å². The van der Waals surface area contributed by atoms with Gasteiger partial charge in [0, 0.05) is 10.2 Å². The first-order chi connectivity index (χ1) is 6.66. The van der Waals surface area contributed by atoms with Gasteiger partial charge in [-0.1, -0.05) is 42.6 Å². The van der Waals surface area contributed by atoms with Crippen LogP contribution in [-0.2, 0) is 4.74 Å². The van der Waals surface area contributed by atoms with Gasteiger partial charge in [0.1, 0.15) is 0 Å². The standard InChI is InChI=1S/C12H21BrO/c1-3-12(2)10(13)8-11(12)14-9-6-4-5-7-9/h9-11H,3-8H2,1-2H3. The van der Waals surface area contributed by atoms with Crippen LogP contribution in [0.5, 0.6) is 0 Å². The van der Waals surface area contributed by atoms with E-state index in [4.69, 9.17) is 4.74 Å². The summed E-state index contributed by atoms with van der Waals surface area (Å²) in [6.45, 7) is 4.63. The average Bonchev–Trinajstić information content (AvgIpc) is 2.69. The molecule has 0 aliphatic heterocycles. The predicted octanol–water partition coefficient (Wildman–Crippen LogP) is 3.90. The van der Waals surface area contributed by atoms with Gasteiger partial charge in [-0.15, -0.1) is 0 Å². The van der Waals surface area contributed by atoms with Crippen LogP contribution >= 0.6 is 15.9 Å². The molecule has 14 heavy (non-hydrogen) atoms. The highest BCUT2D eigenvalue weighted by molar-refractivity contribution is 9.09. The number of hydrogen-bond acceptors (Lipinski definition) is 1. The molecule has 1 nitrogen and oxygen atoms in total. The third-order valence-electron chi connectivity index (χ3n) is 4.29. The molecule has 2 aliphatic rings. The monoisotopic (exact) mass is 260 g/mol. The first kappa shape index (κ1) is 10.9. The second-order valence-electron chi connectivity index (χ2n) is 5.09. The molecule has 2 rings (SSSR count). The maximum absolute atomic E-state index is 6.19. The summed E-state index contributed by atoms with van der Waals surface area (Å²) in [6.07, 6.45) is 8.86. The normalized spacial score (nSPS) is 43.9. The number of rotatable bonds is 3. The van der Waals surface area contributed by atoms with Crippen molar-refractivity contribution in [2.24, 2.45) is 5.41 Å². The van der Waals surface area contributed by atoms with E-state index >= 15 is 0 Å². The fourth-order valence-corrected chi connectivity index (χ4v) is 3.64. The molecule has 0 amide bonds. The molecule has 2 fully saturated rings. The van der Waals surface area contributed by atoms with Crippen molar-refractivity contribution in [2.75, 3.05) is 0 Å². The molecule has 0 radical (unpaired) electrons. The summed E-state index contributed by atoms with van der Waals surface area (Å²) in [5, 5.41) is 0. The highest BCUT2D eigenvalue weighted by Gasteiger charge is 2.50. The van der Waals surface area contributed by atoms with E-state index in [2.05, 4.69) is 29.8 Å². The van der Waals surface area contributed by atoms with Crippen LogP contribution in [-0.4, -0.2) is 17.0 Å². The van der Waals surface area contributed by atoms with Gasteiger partial charge in [0.05, 0.1) is 12.2 Å². The maximum Gasteiger partial charge on any atom is 0.0653 e. The average molecular weight is 261 g/mol. The summed E-state index contributed by atoms with van der Waals surface area (Å²) in [6, 6.07) is 0. The molecule has 3 unspecified atom stereocenters. The molecule has 2 saturated carbocycles. The number of halogens is 1. The Balaban J connectivity index is 1.87. The summed E-state index contributed by atoms with van der Waals surface area (Å²) in [7, 11) is 0. The lowest BCUT2D eigenvalue weighted by atomic mass is 9.65. The van der Waals surface area contributed by atoms with Gasteiger partial charge in [0.25, 0.3) is 0 Å². The molecule has 0 aromatic heterocycles. The van der Waals surface area contributed by atoms with Gasteiger partial charge in [0.15, 0.2) is 0 Å². The van der Waals surface area contributed by atoms with E-state index in [1.165, 1.54) is 38.5 Å². The zero-order chi connectivity index (χ0) is 10.2. The van der Waals surface area contributed by atoms with Crippen LogP contribution in [0, 0.1) is 5.41 Å². The Morgan fingerprint density at radius 3 is 2.50 bits per heavy atom. The lowest BCUT2D eigenvalue weighted by molar-refractivity contribution is -0.128. The van der Waals surface area contributed by atoms with Gasteiger partial charge in [-0.05, 0) is 25.7 Å². The molecule has 82 valence electrons. The molecule has 0 aromatic carbocycles. The quantitative estimate of drug-likeness (QED) is 0.700. The van der Waals surface area contributed by atoms with Gasteiger partial charge in [-0.3, -0.25) is 0 Å². The SMILES string of the molecule is CCC1(C)C(Br)CC1OC1CCCC1.